The van der Waals surface area contributed by atoms with Crippen LogP contribution in [0.4, 0.5) is 4.79 Å². The van der Waals surface area contributed by atoms with Crippen molar-refractivity contribution in [2.75, 3.05) is 0 Å². The van der Waals surface area contributed by atoms with Crippen molar-refractivity contribution in [1.82, 2.24) is 0 Å². The van der Waals surface area contributed by atoms with Gasteiger partial charge in [-0.15, -0.1) is 0 Å². The molecule has 0 aliphatic rings. The average molecular weight is 143 g/mol. The van der Waals surface area contributed by atoms with Gasteiger partial charge in [0.1, 0.15) is 5.76 Å². The quantitative estimate of drug-likeness (QED) is 0.599. The minimum atomic E-state index is -0.738. The van der Waals surface area contributed by atoms with Crippen LogP contribution in [-0.4, -0.2) is 6.09 Å². The van der Waals surface area contributed by atoms with Crippen LogP contribution in [0.3, 0.4) is 0 Å². The van der Waals surface area contributed by atoms with E-state index in [4.69, 9.17) is 5.73 Å². The molecule has 0 fully saturated rings. The molecule has 0 spiro atoms. The molecule has 0 heterocycles. The van der Waals surface area contributed by atoms with E-state index >= 15 is 0 Å². The summed E-state index contributed by atoms with van der Waals surface area (Å²) in [5.41, 5.74) is 5.80. The Kier molecular flexibility index (Phi) is 3.54. The first-order chi connectivity index (χ1) is 4.57. The van der Waals surface area contributed by atoms with Crippen molar-refractivity contribution in [3.63, 3.8) is 0 Å². The molecule has 1 amide bonds. The number of carbonyl (C=O) groups is 1. The Morgan fingerprint density at radius 2 is 2.00 bits per heavy atom. The highest BCUT2D eigenvalue weighted by Gasteiger charge is 2.00. The van der Waals surface area contributed by atoms with Crippen LogP contribution in [0.5, 0.6) is 0 Å². The summed E-state index contributed by atoms with van der Waals surface area (Å²) in [6, 6.07) is 0. The maximum atomic E-state index is 10.2. The smallest absolute Gasteiger partial charge is 0.409 e. The lowest BCUT2D eigenvalue weighted by Crippen LogP contribution is -2.12. The molecular weight excluding hydrogens is 130 g/mol. The summed E-state index contributed by atoms with van der Waals surface area (Å²) in [7, 11) is 0. The lowest BCUT2D eigenvalue weighted by molar-refractivity contribution is 0.183. The Hall–Kier alpha value is -0.990. The van der Waals surface area contributed by atoms with Gasteiger partial charge in [0.25, 0.3) is 0 Å². The lowest BCUT2D eigenvalue weighted by Gasteiger charge is -2.04. The minimum Gasteiger partial charge on any atom is -0.415 e. The molecule has 0 aliphatic carbocycles. The maximum Gasteiger partial charge on any atom is 0.409 e. The Morgan fingerprint density at radius 1 is 1.50 bits per heavy atom. The van der Waals surface area contributed by atoms with Crippen LogP contribution in [0.2, 0.25) is 0 Å². The van der Waals surface area contributed by atoms with Crippen LogP contribution < -0.4 is 5.73 Å². The number of hydrogen-bond acceptors (Lipinski definition) is 2. The van der Waals surface area contributed by atoms with Crippen molar-refractivity contribution >= 4 is 6.09 Å². The molecule has 0 rings (SSSR count). The van der Waals surface area contributed by atoms with E-state index in [1.54, 1.807) is 0 Å². The van der Waals surface area contributed by atoms with Crippen LogP contribution in [0.1, 0.15) is 27.2 Å². The summed E-state index contributed by atoms with van der Waals surface area (Å²) >= 11 is 0. The van der Waals surface area contributed by atoms with Gasteiger partial charge in [0.15, 0.2) is 0 Å². The van der Waals surface area contributed by atoms with Crippen molar-refractivity contribution in [3.8, 4) is 0 Å². The second kappa shape index (κ2) is 3.93. The summed E-state index contributed by atoms with van der Waals surface area (Å²) in [6.07, 6.45) is -0.0382. The number of hydrogen-bond donors (Lipinski definition) is 1. The molecule has 0 radical (unpaired) electrons. The zero-order chi connectivity index (χ0) is 8.15. The molecule has 2 N–H and O–H groups in total. The van der Waals surface area contributed by atoms with Crippen LogP contribution in [0.25, 0.3) is 0 Å². The topological polar surface area (TPSA) is 52.3 Å². The van der Waals surface area contributed by atoms with E-state index in [-0.39, 0.29) is 0 Å². The molecule has 0 aromatic rings. The maximum absolute atomic E-state index is 10.2. The second-order valence-corrected chi connectivity index (χ2v) is 2.20. The van der Waals surface area contributed by atoms with Crippen molar-refractivity contribution in [2.45, 2.75) is 27.2 Å². The van der Waals surface area contributed by atoms with E-state index in [0.717, 1.165) is 5.57 Å². The fraction of sp³-hybridized carbons (Fsp3) is 0.571. The van der Waals surface area contributed by atoms with Gasteiger partial charge in [0.05, 0.1) is 0 Å². The second-order valence-electron chi connectivity index (χ2n) is 2.20. The summed E-state index contributed by atoms with van der Waals surface area (Å²) in [4.78, 5) is 10.2. The van der Waals surface area contributed by atoms with Crippen LogP contribution in [0.15, 0.2) is 11.3 Å². The fourth-order valence-corrected chi connectivity index (χ4v) is 0.649. The third-order valence-electron chi connectivity index (χ3n) is 1.10. The number of carbonyl (C=O) groups excluding carboxylic acids is 1. The molecule has 0 saturated carbocycles. The predicted molar refractivity (Wildman–Crippen MR) is 39.3 cm³/mol. The molecular formula is C7H13NO2. The van der Waals surface area contributed by atoms with E-state index in [2.05, 4.69) is 4.74 Å². The van der Waals surface area contributed by atoms with Crippen LogP contribution in [-0.2, 0) is 4.74 Å². The van der Waals surface area contributed by atoms with Gasteiger partial charge in [0, 0.05) is 6.42 Å². The molecule has 3 heteroatoms. The SMILES string of the molecule is CCC(OC(N)=O)=C(C)C. The number of primary amides is 1. The average Bonchev–Trinajstić information content (AvgIpc) is 1.81. The van der Waals surface area contributed by atoms with Gasteiger partial charge in [0.2, 0.25) is 0 Å². The molecule has 3 nitrogen and oxygen atoms in total. The first-order valence-corrected chi connectivity index (χ1v) is 3.21. The Morgan fingerprint density at radius 3 is 2.10 bits per heavy atom. The molecule has 0 aromatic heterocycles. The number of ether oxygens (including phenoxy) is 1. The Bertz CT molecular complexity index is 157. The summed E-state index contributed by atoms with van der Waals surface area (Å²) in [5, 5.41) is 0. The zero-order valence-corrected chi connectivity index (χ0v) is 6.60. The lowest BCUT2D eigenvalue weighted by atomic mass is 10.2. The molecule has 0 saturated heterocycles. The van der Waals surface area contributed by atoms with Gasteiger partial charge < -0.3 is 10.5 Å². The third kappa shape index (κ3) is 3.12. The first kappa shape index (κ1) is 9.01. The van der Waals surface area contributed by atoms with E-state index < -0.39 is 6.09 Å². The normalized spacial score (nSPS) is 8.70. The van der Waals surface area contributed by atoms with Gasteiger partial charge >= 0.3 is 6.09 Å². The molecule has 0 bridgehead atoms. The zero-order valence-electron chi connectivity index (χ0n) is 6.60. The van der Waals surface area contributed by atoms with Crippen LogP contribution >= 0.6 is 0 Å². The van der Waals surface area contributed by atoms with Crippen LogP contribution in [0, 0.1) is 0 Å². The van der Waals surface area contributed by atoms with Crippen molar-refractivity contribution < 1.29 is 9.53 Å². The molecule has 0 aliphatic heterocycles. The molecule has 10 heavy (non-hydrogen) atoms. The Labute approximate surface area is 60.9 Å². The van der Waals surface area contributed by atoms with Gasteiger partial charge in [-0.1, -0.05) is 6.92 Å². The summed E-state index contributed by atoms with van der Waals surface area (Å²) < 4.78 is 4.68. The number of rotatable bonds is 2. The van der Waals surface area contributed by atoms with Gasteiger partial charge in [-0.25, -0.2) is 4.79 Å². The largest absolute Gasteiger partial charge is 0.415 e. The fourth-order valence-electron chi connectivity index (χ4n) is 0.649. The highest BCUT2D eigenvalue weighted by atomic mass is 16.5. The van der Waals surface area contributed by atoms with Gasteiger partial charge in [-0.2, -0.15) is 0 Å². The Balaban J connectivity index is 4.11. The standard InChI is InChI=1S/C7H13NO2/c1-4-6(5(2)3)10-7(8)9/h4H2,1-3H3,(H2,8,9). The first-order valence-electron chi connectivity index (χ1n) is 3.21. The van der Waals surface area contributed by atoms with Crippen molar-refractivity contribution in [2.24, 2.45) is 5.73 Å². The molecule has 58 valence electrons. The molecule has 0 aromatic carbocycles. The molecule has 0 atom stereocenters. The number of amides is 1. The van der Waals surface area contributed by atoms with E-state index in [1.807, 2.05) is 20.8 Å². The van der Waals surface area contributed by atoms with Crippen molar-refractivity contribution in [3.05, 3.63) is 11.3 Å². The third-order valence-corrected chi connectivity index (χ3v) is 1.10. The highest BCUT2D eigenvalue weighted by Crippen LogP contribution is 2.08. The summed E-state index contributed by atoms with van der Waals surface area (Å²) in [6.45, 7) is 5.66. The number of allylic oxidation sites excluding steroid dienone is 2. The van der Waals surface area contributed by atoms with Gasteiger partial charge in [-0.3, -0.25) is 0 Å². The minimum absolute atomic E-state index is 0.660. The van der Waals surface area contributed by atoms with Crippen molar-refractivity contribution in [1.29, 1.82) is 0 Å². The van der Waals surface area contributed by atoms with E-state index in [9.17, 15) is 4.79 Å². The van der Waals surface area contributed by atoms with E-state index in [0.29, 0.717) is 12.2 Å². The van der Waals surface area contributed by atoms with Gasteiger partial charge in [-0.05, 0) is 19.4 Å². The highest BCUT2D eigenvalue weighted by molar-refractivity contribution is 5.66. The predicted octanol–water partition coefficient (Wildman–Crippen LogP) is 1.79. The molecule has 0 unspecified atom stereocenters. The number of nitrogens with two attached hydrogens (primary N) is 1. The monoisotopic (exact) mass is 143 g/mol. The summed E-state index contributed by atoms with van der Waals surface area (Å²) in [5.74, 6) is 0.660. The van der Waals surface area contributed by atoms with E-state index in [1.165, 1.54) is 0 Å².